The van der Waals surface area contributed by atoms with Gasteiger partial charge in [0.05, 0.1) is 17.7 Å². The van der Waals surface area contributed by atoms with E-state index in [2.05, 4.69) is 5.32 Å². The lowest BCUT2D eigenvalue weighted by Gasteiger charge is -2.35. The maximum absolute atomic E-state index is 14.8. The molecule has 1 aliphatic rings. The van der Waals surface area contributed by atoms with Crippen LogP contribution in [0.15, 0.2) is 108 Å². The fourth-order valence-electron chi connectivity index (χ4n) is 6.00. The third-order valence-electron chi connectivity index (χ3n) is 8.54. The number of benzene rings is 4. The molecule has 0 radical (unpaired) electrons. The fourth-order valence-corrected chi connectivity index (χ4v) is 7.80. The van der Waals surface area contributed by atoms with Crippen molar-refractivity contribution in [1.29, 1.82) is 0 Å². The summed E-state index contributed by atoms with van der Waals surface area (Å²) in [7, 11) is -2.91. The smallest absolute Gasteiger partial charge is 0.264 e. The van der Waals surface area contributed by atoms with Crippen LogP contribution in [0.2, 0.25) is 10.0 Å². The summed E-state index contributed by atoms with van der Waals surface area (Å²) >= 11 is 13.0. The topological polar surface area (TPSA) is 96.0 Å². The van der Waals surface area contributed by atoms with Gasteiger partial charge in [-0.1, -0.05) is 109 Å². The largest absolute Gasteiger partial charge is 0.495 e. The summed E-state index contributed by atoms with van der Waals surface area (Å²) < 4.78 is 35.1. The van der Waals surface area contributed by atoms with E-state index < -0.39 is 28.5 Å². The first-order valence-electron chi connectivity index (χ1n) is 16.0. The Kier molecular flexibility index (Phi) is 12.0. The number of sulfonamides is 1. The molecule has 1 atom stereocenters. The number of halogens is 2. The summed E-state index contributed by atoms with van der Waals surface area (Å²) in [6.45, 7) is -0.666. The molecule has 0 spiro atoms. The fraction of sp³-hybridized carbons (Fsp3) is 0.297. The van der Waals surface area contributed by atoms with Gasteiger partial charge in [0, 0.05) is 29.1 Å². The van der Waals surface area contributed by atoms with Crippen LogP contribution in [0.1, 0.15) is 43.2 Å². The summed E-state index contributed by atoms with van der Waals surface area (Å²) in [4.78, 5) is 30.4. The number of methoxy groups -OCH3 is 1. The molecule has 1 unspecified atom stereocenters. The SMILES string of the molecule is COc1ccc(Cl)cc1N(CC(=O)N(Cc1ccccc1Cl)C(Cc1ccccc1)C(=O)NC1CCCCC1)S(=O)(=O)c1ccccc1. The van der Waals surface area contributed by atoms with Crippen molar-refractivity contribution in [2.45, 2.75) is 62.0 Å². The molecule has 48 heavy (non-hydrogen) atoms. The Morgan fingerprint density at radius 3 is 2.19 bits per heavy atom. The number of carbonyl (C=O) groups excluding carboxylic acids is 2. The molecule has 1 fully saturated rings. The van der Waals surface area contributed by atoms with Crippen LogP contribution in [0.4, 0.5) is 5.69 Å². The number of amides is 2. The van der Waals surface area contributed by atoms with Crippen LogP contribution in [0.5, 0.6) is 5.75 Å². The number of nitrogens with zero attached hydrogens (tertiary/aromatic N) is 2. The zero-order valence-electron chi connectivity index (χ0n) is 26.7. The van der Waals surface area contributed by atoms with E-state index in [1.165, 1.54) is 30.2 Å². The lowest BCUT2D eigenvalue weighted by Crippen LogP contribution is -2.55. The van der Waals surface area contributed by atoms with E-state index in [1.54, 1.807) is 54.6 Å². The van der Waals surface area contributed by atoms with Crippen molar-refractivity contribution >= 4 is 50.7 Å². The number of hydrogen-bond donors (Lipinski definition) is 1. The molecule has 1 saturated carbocycles. The first-order chi connectivity index (χ1) is 23.2. The zero-order valence-corrected chi connectivity index (χ0v) is 29.1. The van der Waals surface area contributed by atoms with Gasteiger partial charge in [-0.15, -0.1) is 0 Å². The van der Waals surface area contributed by atoms with Crippen molar-refractivity contribution in [3.63, 3.8) is 0 Å². The lowest BCUT2D eigenvalue weighted by atomic mass is 9.94. The molecule has 4 aromatic rings. The normalized spacial score (nSPS) is 14.1. The predicted molar refractivity (Wildman–Crippen MR) is 190 cm³/mol. The van der Waals surface area contributed by atoms with Gasteiger partial charge in [-0.05, 0) is 60.4 Å². The van der Waals surface area contributed by atoms with Gasteiger partial charge >= 0.3 is 0 Å². The van der Waals surface area contributed by atoms with E-state index in [1.807, 2.05) is 30.3 Å². The average molecular weight is 709 g/mol. The van der Waals surface area contributed by atoms with E-state index in [0.717, 1.165) is 42.0 Å². The third-order valence-corrected chi connectivity index (χ3v) is 10.9. The monoisotopic (exact) mass is 707 g/mol. The Labute approximate surface area is 292 Å². The standard InChI is InChI=1S/C37H39Cl2N3O5S/c1-47-35-22-21-29(38)24-33(35)42(48(45,46)31-18-9-4-10-19-31)26-36(43)41(25-28-15-11-12-20-32(28)39)34(23-27-13-5-2-6-14-27)37(44)40-30-16-7-3-8-17-30/h2,4-6,9-15,18-22,24,30,34H,3,7-8,16-17,23,25-26H2,1H3,(H,40,44). The molecule has 252 valence electrons. The molecular weight excluding hydrogens is 669 g/mol. The minimum Gasteiger partial charge on any atom is -0.495 e. The minimum atomic E-state index is -4.32. The Hall–Kier alpha value is -4.05. The van der Waals surface area contributed by atoms with E-state index in [-0.39, 0.29) is 46.3 Å². The van der Waals surface area contributed by atoms with Gasteiger partial charge in [0.1, 0.15) is 18.3 Å². The number of nitrogens with one attached hydrogen (secondary N) is 1. The molecule has 5 rings (SSSR count). The van der Waals surface area contributed by atoms with E-state index in [0.29, 0.717) is 10.6 Å². The number of ether oxygens (including phenoxy) is 1. The summed E-state index contributed by atoms with van der Waals surface area (Å²) in [5, 5.41) is 3.89. The zero-order chi connectivity index (χ0) is 34.1. The second kappa shape index (κ2) is 16.4. The summed E-state index contributed by atoms with van der Waals surface area (Å²) in [6, 6.07) is 28.0. The Bertz CT molecular complexity index is 1800. The molecule has 0 heterocycles. The van der Waals surface area contributed by atoms with E-state index in [4.69, 9.17) is 27.9 Å². The maximum Gasteiger partial charge on any atom is 0.264 e. The van der Waals surface area contributed by atoms with Gasteiger partial charge in [0.15, 0.2) is 0 Å². The molecule has 0 aliphatic heterocycles. The molecule has 4 aromatic carbocycles. The predicted octanol–water partition coefficient (Wildman–Crippen LogP) is 7.29. The maximum atomic E-state index is 14.8. The highest BCUT2D eigenvalue weighted by Crippen LogP contribution is 2.35. The van der Waals surface area contributed by atoms with Crippen molar-refractivity contribution in [3.05, 3.63) is 124 Å². The Morgan fingerprint density at radius 1 is 0.875 bits per heavy atom. The van der Waals surface area contributed by atoms with Gasteiger partial charge in [0.2, 0.25) is 11.8 Å². The molecule has 1 aliphatic carbocycles. The highest BCUT2D eigenvalue weighted by atomic mass is 35.5. The molecule has 0 saturated heterocycles. The summed E-state index contributed by atoms with van der Waals surface area (Å²) in [5.74, 6) is -0.694. The van der Waals surface area contributed by atoms with Gasteiger partial charge in [0.25, 0.3) is 10.0 Å². The van der Waals surface area contributed by atoms with Gasteiger partial charge in [-0.3, -0.25) is 13.9 Å². The highest BCUT2D eigenvalue weighted by Gasteiger charge is 2.36. The first-order valence-corrected chi connectivity index (χ1v) is 18.2. The average Bonchev–Trinajstić information content (AvgIpc) is 3.10. The minimum absolute atomic E-state index is 0.00697. The van der Waals surface area contributed by atoms with Crippen LogP contribution < -0.4 is 14.4 Å². The molecule has 2 amide bonds. The number of anilines is 1. The van der Waals surface area contributed by atoms with Crippen LogP contribution in [0.3, 0.4) is 0 Å². The molecule has 8 nitrogen and oxygen atoms in total. The van der Waals surface area contributed by atoms with Crippen molar-refractivity contribution in [3.8, 4) is 5.75 Å². The van der Waals surface area contributed by atoms with E-state index >= 15 is 0 Å². The lowest BCUT2D eigenvalue weighted by molar-refractivity contribution is -0.140. The van der Waals surface area contributed by atoms with Crippen LogP contribution >= 0.6 is 23.2 Å². The quantitative estimate of drug-likeness (QED) is 0.158. The van der Waals surface area contributed by atoms with Gasteiger partial charge in [-0.2, -0.15) is 0 Å². The second-order valence-electron chi connectivity index (χ2n) is 11.8. The van der Waals surface area contributed by atoms with Gasteiger partial charge in [-0.25, -0.2) is 8.42 Å². The van der Waals surface area contributed by atoms with E-state index in [9.17, 15) is 18.0 Å². The van der Waals surface area contributed by atoms with Crippen molar-refractivity contribution < 1.29 is 22.7 Å². The first kappa shape index (κ1) is 35.3. The number of rotatable bonds is 13. The van der Waals surface area contributed by atoms with Crippen LogP contribution in [-0.4, -0.2) is 50.9 Å². The summed E-state index contributed by atoms with van der Waals surface area (Å²) in [6.07, 6.45) is 5.09. The van der Waals surface area contributed by atoms with Crippen LogP contribution in [-0.2, 0) is 32.6 Å². The Balaban J connectivity index is 1.60. The molecule has 1 N–H and O–H groups in total. The Morgan fingerprint density at radius 2 is 1.52 bits per heavy atom. The van der Waals surface area contributed by atoms with Crippen LogP contribution in [0, 0.1) is 0 Å². The van der Waals surface area contributed by atoms with Crippen molar-refractivity contribution in [2.75, 3.05) is 18.0 Å². The number of carbonyl (C=O) groups is 2. The molecule has 0 aromatic heterocycles. The molecule has 0 bridgehead atoms. The molecular formula is C37H39Cl2N3O5S. The van der Waals surface area contributed by atoms with Crippen molar-refractivity contribution in [1.82, 2.24) is 10.2 Å². The second-order valence-corrected chi connectivity index (χ2v) is 14.5. The van der Waals surface area contributed by atoms with Gasteiger partial charge < -0.3 is 15.0 Å². The highest BCUT2D eigenvalue weighted by molar-refractivity contribution is 7.92. The molecule has 11 heteroatoms. The van der Waals surface area contributed by atoms with Crippen LogP contribution in [0.25, 0.3) is 0 Å². The van der Waals surface area contributed by atoms with Crippen molar-refractivity contribution in [2.24, 2.45) is 0 Å². The summed E-state index contributed by atoms with van der Waals surface area (Å²) in [5.41, 5.74) is 1.56. The third kappa shape index (κ3) is 8.69. The number of hydrogen-bond acceptors (Lipinski definition) is 5.